The molecule has 1 heteroatoms. The molecule has 0 N–H and O–H groups in total. The third kappa shape index (κ3) is 6.34. The van der Waals surface area contributed by atoms with E-state index in [2.05, 4.69) is 227 Å². The van der Waals surface area contributed by atoms with Gasteiger partial charge in [0.05, 0.1) is 0 Å². The highest BCUT2D eigenvalue weighted by atomic mass is 15.1. The molecular weight excluding hydrogens is 783 g/mol. The molecule has 0 amide bonds. The van der Waals surface area contributed by atoms with Gasteiger partial charge < -0.3 is 4.90 Å². The Morgan fingerprint density at radius 1 is 0.385 bits per heavy atom. The van der Waals surface area contributed by atoms with Crippen LogP contribution in [0.5, 0.6) is 0 Å². The zero-order chi connectivity index (χ0) is 43.9. The van der Waals surface area contributed by atoms with Crippen molar-refractivity contribution in [1.29, 1.82) is 0 Å². The Morgan fingerprint density at radius 2 is 0.908 bits per heavy atom. The smallest absolute Gasteiger partial charge is 0.0465 e. The van der Waals surface area contributed by atoms with Crippen LogP contribution in [0.1, 0.15) is 93.5 Å². The first-order chi connectivity index (χ1) is 31.8. The van der Waals surface area contributed by atoms with Crippen LogP contribution >= 0.6 is 0 Å². The van der Waals surface area contributed by atoms with Crippen molar-refractivity contribution in [2.45, 2.75) is 76.5 Å². The van der Waals surface area contributed by atoms with Crippen molar-refractivity contribution in [3.8, 4) is 55.6 Å². The van der Waals surface area contributed by atoms with E-state index in [9.17, 15) is 0 Å². The van der Waals surface area contributed by atoms with Crippen LogP contribution in [-0.4, -0.2) is 0 Å². The molecule has 0 saturated heterocycles. The Balaban J connectivity index is 0.972. The van der Waals surface area contributed by atoms with Gasteiger partial charge in [-0.05, 0) is 149 Å². The highest BCUT2D eigenvalue weighted by molar-refractivity contribution is 6.04. The van der Waals surface area contributed by atoms with Gasteiger partial charge >= 0.3 is 0 Å². The third-order valence-corrected chi connectivity index (χ3v) is 15.4. The molecule has 1 fully saturated rings. The Hall–Kier alpha value is -6.96. The van der Waals surface area contributed by atoms with Gasteiger partial charge in [0.2, 0.25) is 0 Å². The van der Waals surface area contributed by atoms with Crippen LogP contribution in [0.15, 0.2) is 194 Å². The van der Waals surface area contributed by atoms with Crippen molar-refractivity contribution in [1.82, 2.24) is 0 Å². The summed E-state index contributed by atoms with van der Waals surface area (Å²) in [7, 11) is 0. The van der Waals surface area contributed by atoms with Crippen LogP contribution in [0, 0.1) is 0 Å². The molecule has 0 aromatic heterocycles. The van der Waals surface area contributed by atoms with E-state index < -0.39 is 0 Å². The molecule has 0 radical (unpaired) electrons. The minimum absolute atomic E-state index is 0.103. The van der Waals surface area contributed by atoms with E-state index in [1.807, 2.05) is 0 Å². The Bertz CT molecular complexity index is 3270. The SMILES string of the molecule is CC1(C)c2ccccc2-c2cccc(-c3cccc4c3C(C)(C)c3cc(N(c5ccc(-c6ccc7ccccc7c6-c6ccccc6)cc5)c5ccc(C6CCCCC6)cc5)ccc3-4)c21. The topological polar surface area (TPSA) is 3.24 Å². The number of hydrogen-bond donors (Lipinski definition) is 0. The van der Waals surface area contributed by atoms with Crippen LogP contribution in [0.3, 0.4) is 0 Å². The van der Waals surface area contributed by atoms with Crippen LogP contribution in [-0.2, 0) is 10.8 Å². The minimum atomic E-state index is -0.236. The average Bonchev–Trinajstić information content (AvgIpc) is 3.74. The molecule has 0 spiro atoms. The largest absolute Gasteiger partial charge is 0.310 e. The highest BCUT2D eigenvalue weighted by Gasteiger charge is 2.42. The van der Waals surface area contributed by atoms with E-state index in [1.165, 1.54) is 138 Å². The lowest BCUT2D eigenvalue weighted by atomic mass is 9.74. The van der Waals surface area contributed by atoms with Crippen molar-refractivity contribution >= 4 is 27.8 Å². The van der Waals surface area contributed by atoms with Crippen LogP contribution in [0.2, 0.25) is 0 Å². The maximum Gasteiger partial charge on any atom is 0.0465 e. The number of hydrogen-bond acceptors (Lipinski definition) is 1. The number of nitrogens with zero attached hydrogens (tertiary/aromatic N) is 1. The van der Waals surface area contributed by atoms with Crippen molar-refractivity contribution < 1.29 is 0 Å². The van der Waals surface area contributed by atoms with E-state index >= 15 is 0 Å². The molecule has 3 aliphatic rings. The number of rotatable bonds is 7. The van der Waals surface area contributed by atoms with Crippen LogP contribution < -0.4 is 4.90 Å². The van der Waals surface area contributed by atoms with Gasteiger partial charge in [-0.2, -0.15) is 0 Å². The van der Waals surface area contributed by atoms with Gasteiger partial charge in [-0.15, -0.1) is 0 Å². The van der Waals surface area contributed by atoms with Gasteiger partial charge in [-0.3, -0.25) is 0 Å². The Kier molecular flexibility index (Phi) is 9.35. The zero-order valence-electron chi connectivity index (χ0n) is 38.0. The molecule has 9 aromatic carbocycles. The molecule has 0 heterocycles. The number of fused-ring (bicyclic) bond motifs is 7. The summed E-state index contributed by atoms with van der Waals surface area (Å²) in [6.07, 6.45) is 6.62. The van der Waals surface area contributed by atoms with E-state index in [1.54, 1.807) is 0 Å². The van der Waals surface area contributed by atoms with Crippen LogP contribution in [0.25, 0.3) is 66.4 Å². The zero-order valence-corrected chi connectivity index (χ0v) is 38.0. The fraction of sp³-hybridized carbons (Fsp3) is 0.188. The van der Waals surface area contributed by atoms with E-state index in [4.69, 9.17) is 0 Å². The fourth-order valence-corrected chi connectivity index (χ4v) is 12.3. The summed E-state index contributed by atoms with van der Waals surface area (Å²) in [6, 6.07) is 73.3. The lowest BCUT2D eigenvalue weighted by Gasteiger charge is -2.30. The lowest BCUT2D eigenvalue weighted by Crippen LogP contribution is -2.19. The second-order valence-electron chi connectivity index (χ2n) is 19.9. The first-order valence-electron chi connectivity index (χ1n) is 23.9. The fourth-order valence-electron chi connectivity index (χ4n) is 12.3. The summed E-state index contributed by atoms with van der Waals surface area (Å²) >= 11 is 0. The van der Waals surface area contributed by atoms with Crippen LogP contribution in [0.4, 0.5) is 17.1 Å². The standard InChI is InChI=1S/C64H55N/c1-63(2)58-28-14-13-23-52(58)54-24-15-26-56(61(54)63)57-27-16-25-55-53-40-38-49(41-59(53)64(3,4)62(55)57)65(47-34-29-43(30-35-47)42-17-7-5-8-18-42)48-36-31-45(32-37-48)51-39-33-44-19-11-12-22-50(44)60(51)46-20-9-6-10-21-46/h6,9-16,19-42H,5,7-8,17-18H2,1-4H3. The lowest BCUT2D eigenvalue weighted by molar-refractivity contribution is 0.443. The van der Waals surface area contributed by atoms with Gasteiger partial charge in [0.1, 0.15) is 0 Å². The number of anilines is 3. The second-order valence-corrected chi connectivity index (χ2v) is 19.9. The quantitative estimate of drug-likeness (QED) is 0.155. The molecule has 12 rings (SSSR count). The Labute approximate surface area is 385 Å². The molecule has 0 atom stereocenters. The normalized spacial score (nSPS) is 15.6. The molecule has 1 saturated carbocycles. The van der Waals surface area contributed by atoms with Crippen molar-refractivity contribution in [3.05, 3.63) is 222 Å². The summed E-state index contributed by atoms with van der Waals surface area (Å²) in [5, 5.41) is 2.53. The molecule has 0 unspecified atom stereocenters. The molecule has 9 aromatic rings. The molecular formula is C64H55N. The van der Waals surface area contributed by atoms with Gasteiger partial charge in [0.25, 0.3) is 0 Å². The summed E-state index contributed by atoms with van der Waals surface area (Å²) in [5.41, 5.74) is 23.4. The first kappa shape index (κ1) is 39.6. The van der Waals surface area contributed by atoms with Crippen molar-refractivity contribution in [2.24, 2.45) is 0 Å². The van der Waals surface area contributed by atoms with E-state index in [-0.39, 0.29) is 10.8 Å². The van der Waals surface area contributed by atoms with Gasteiger partial charge in [-0.1, -0.05) is 205 Å². The van der Waals surface area contributed by atoms with Gasteiger partial charge in [0, 0.05) is 27.9 Å². The molecule has 3 aliphatic carbocycles. The predicted octanol–water partition coefficient (Wildman–Crippen LogP) is 18.0. The predicted molar refractivity (Wildman–Crippen MR) is 276 cm³/mol. The summed E-state index contributed by atoms with van der Waals surface area (Å²) < 4.78 is 0. The minimum Gasteiger partial charge on any atom is -0.310 e. The molecule has 65 heavy (non-hydrogen) atoms. The Morgan fingerprint density at radius 3 is 1.60 bits per heavy atom. The summed E-state index contributed by atoms with van der Waals surface area (Å²) in [6.45, 7) is 9.70. The second kappa shape index (κ2) is 15.3. The molecule has 316 valence electrons. The van der Waals surface area contributed by atoms with E-state index in [0.29, 0.717) is 5.92 Å². The maximum absolute atomic E-state index is 2.49. The highest BCUT2D eigenvalue weighted by Crippen LogP contribution is 2.57. The van der Waals surface area contributed by atoms with Gasteiger partial charge in [-0.25, -0.2) is 0 Å². The third-order valence-electron chi connectivity index (χ3n) is 15.4. The first-order valence-corrected chi connectivity index (χ1v) is 23.9. The van der Waals surface area contributed by atoms with Crippen molar-refractivity contribution in [2.75, 3.05) is 4.90 Å². The monoisotopic (exact) mass is 837 g/mol. The van der Waals surface area contributed by atoms with Gasteiger partial charge in [0.15, 0.2) is 0 Å². The molecule has 0 aliphatic heterocycles. The average molecular weight is 838 g/mol. The maximum atomic E-state index is 2.49. The van der Waals surface area contributed by atoms with Crippen molar-refractivity contribution in [3.63, 3.8) is 0 Å². The summed E-state index contributed by atoms with van der Waals surface area (Å²) in [4.78, 5) is 2.48. The van der Waals surface area contributed by atoms with E-state index in [0.717, 1.165) is 5.69 Å². The molecule has 1 nitrogen and oxygen atoms in total. The number of benzene rings is 9. The summed E-state index contributed by atoms with van der Waals surface area (Å²) in [5.74, 6) is 0.658. The molecule has 0 bridgehead atoms.